The Kier molecular flexibility index (Phi) is 8.46. The van der Waals surface area contributed by atoms with E-state index < -0.39 is 11.8 Å². The second-order valence-electron chi connectivity index (χ2n) is 8.13. The molecule has 0 fully saturated rings. The molecule has 0 radical (unpaired) electrons. The van der Waals surface area contributed by atoms with Crippen LogP contribution in [-0.4, -0.2) is 38.5 Å². The van der Waals surface area contributed by atoms with Crippen molar-refractivity contribution in [3.05, 3.63) is 92.6 Å². The van der Waals surface area contributed by atoms with Crippen LogP contribution in [0, 0.1) is 0 Å². The standard InChI is InChI=1S/C27H22Cl3N3O5/c1-37-21-10-3-15(13-22(21)38-2)11-12-31-25(34)16-4-6-17(7-5-16)32-24-23(30)26(35)33(27(24)36)18-8-9-19(28)20(29)14-18/h3-10,13-14,32H,11-12H2,1-2H3,(H,31,34). The number of nitrogens with zero attached hydrogens (tertiary/aromatic N) is 1. The highest BCUT2D eigenvalue weighted by Gasteiger charge is 2.39. The lowest BCUT2D eigenvalue weighted by atomic mass is 10.1. The molecule has 0 aliphatic carbocycles. The van der Waals surface area contributed by atoms with Crippen LogP contribution in [-0.2, 0) is 16.0 Å². The number of ether oxygens (including phenoxy) is 2. The van der Waals surface area contributed by atoms with Crippen molar-refractivity contribution in [2.24, 2.45) is 0 Å². The normalized spacial score (nSPS) is 13.1. The highest BCUT2D eigenvalue weighted by Crippen LogP contribution is 2.33. The summed E-state index contributed by atoms with van der Waals surface area (Å²) < 4.78 is 10.5. The minimum atomic E-state index is -0.692. The minimum absolute atomic E-state index is 0.0881. The van der Waals surface area contributed by atoms with E-state index in [2.05, 4.69) is 10.6 Å². The molecular formula is C27H22Cl3N3O5. The average molecular weight is 575 g/mol. The topological polar surface area (TPSA) is 97.0 Å². The Morgan fingerprint density at radius 2 is 1.55 bits per heavy atom. The smallest absolute Gasteiger partial charge is 0.283 e. The molecule has 1 aliphatic heterocycles. The van der Waals surface area contributed by atoms with Crippen molar-refractivity contribution in [3.8, 4) is 11.5 Å². The molecule has 11 heteroatoms. The molecule has 0 bridgehead atoms. The van der Waals surface area contributed by atoms with Gasteiger partial charge < -0.3 is 20.1 Å². The van der Waals surface area contributed by atoms with E-state index in [0.717, 1.165) is 10.5 Å². The van der Waals surface area contributed by atoms with Crippen LogP contribution in [0.1, 0.15) is 15.9 Å². The summed E-state index contributed by atoms with van der Waals surface area (Å²) in [6.07, 6.45) is 0.601. The maximum atomic E-state index is 13.0. The molecule has 0 atom stereocenters. The molecule has 1 aliphatic rings. The van der Waals surface area contributed by atoms with Gasteiger partial charge >= 0.3 is 0 Å². The predicted octanol–water partition coefficient (Wildman–Crippen LogP) is 5.42. The number of anilines is 2. The summed E-state index contributed by atoms with van der Waals surface area (Å²) >= 11 is 18.1. The molecule has 0 saturated carbocycles. The number of amides is 3. The van der Waals surface area contributed by atoms with Gasteiger partial charge in [0.15, 0.2) is 11.5 Å². The Hall–Kier alpha value is -3.72. The molecule has 3 aromatic rings. The third-order valence-electron chi connectivity index (χ3n) is 5.75. The highest BCUT2D eigenvalue weighted by atomic mass is 35.5. The van der Waals surface area contributed by atoms with Gasteiger partial charge in [0.1, 0.15) is 10.7 Å². The number of halogens is 3. The van der Waals surface area contributed by atoms with Crippen molar-refractivity contribution in [2.75, 3.05) is 31.0 Å². The molecule has 1 heterocycles. The summed E-state index contributed by atoms with van der Waals surface area (Å²) in [7, 11) is 3.14. The van der Waals surface area contributed by atoms with Crippen LogP contribution in [0.25, 0.3) is 0 Å². The Morgan fingerprint density at radius 1 is 0.842 bits per heavy atom. The number of methoxy groups -OCH3 is 2. The maximum Gasteiger partial charge on any atom is 0.283 e. The Labute approximate surface area is 234 Å². The Morgan fingerprint density at radius 3 is 2.21 bits per heavy atom. The third-order valence-corrected chi connectivity index (χ3v) is 6.84. The van der Waals surface area contributed by atoms with Crippen LogP contribution in [0.15, 0.2) is 71.4 Å². The molecule has 3 amide bonds. The fraction of sp³-hybridized carbons (Fsp3) is 0.148. The fourth-order valence-corrected chi connectivity index (χ4v) is 4.28. The number of rotatable bonds is 9. The fourth-order valence-electron chi connectivity index (χ4n) is 3.78. The van der Waals surface area contributed by atoms with Gasteiger partial charge in [0, 0.05) is 17.8 Å². The first-order valence-corrected chi connectivity index (χ1v) is 12.5. The largest absolute Gasteiger partial charge is 0.493 e. The van der Waals surface area contributed by atoms with E-state index in [0.29, 0.717) is 35.7 Å². The van der Waals surface area contributed by atoms with Gasteiger partial charge in [-0.15, -0.1) is 0 Å². The van der Waals surface area contributed by atoms with Gasteiger partial charge in [-0.1, -0.05) is 40.9 Å². The number of benzene rings is 3. The first kappa shape index (κ1) is 27.3. The molecule has 3 aromatic carbocycles. The van der Waals surface area contributed by atoms with Crippen LogP contribution >= 0.6 is 34.8 Å². The highest BCUT2D eigenvalue weighted by molar-refractivity contribution is 6.53. The Balaban J connectivity index is 1.37. The lowest BCUT2D eigenvalue weighted by Crippen LogP contribution is -2.32. The maximum absolute atomic E-state index is 13.0. The molecule has 0 aromatic heterocycles. The zero-order valence-corrected chi connectivity index (χ0v) is 22.6. The van der Waals surface area contributed by atoms with E-state index in [1.807, 2.05) is 18.2 Å². The molecule has 4 rings (SSSR count). The van der Waals surface area contributed by atoms with Crippen molar-refractivity contribution in [1.29, 1.82) is 0 Å². The lowest BCUT2D eigenvalue weighted by Gasteiger charge is -2.15. The van der Waals surface area contributed by atoms with Gasteiger partial charge in [-0.05, 0) is 66.6 Å². The summed E-state index contributed by atoms with van der Waals surface area (Å²) in [5, 5.41) is 5.96. The number of hydrogen-bond donors (Lipinski definition) is 2. The van der Waals surface area contributed by atoms with Crippen molar-refractivity contribution in [1.82, 2.24) is 5.32 Å². The second-order valence-corrected chi connectivity index (χ2v) is 9.32. The van der Waals surface area contributed by atoms with E-state index in [1.165, 1.54) is 18.2 Å². The van der Waals surface area contributed by atoms with Crippen molar-refractivity contribution in [2.45, 2.75) is 6.42 Å². The summed E-state index contributed by atoms with van der Waals surface area (Å²) in [5.74, 6) is -0.334. The summed E-state index contributed by atoms with van der Waals surface area (Å²) in [5.41, 5.74) is 2.03. The zero-order chi connectivity index (χ0) is 27.4. The predicted molar refractivity (Wildman–Crippen MR) is 147 cm³/mol. The minimum Gasteiger partial charge on any atom is -0.493 e. The van der Waals surface area contributed by atoms with Gasteiger partial charge in [0.25, 0.3) is 17.7 Å². The van der Waals surface area contributed by atoms with Gasteiger partial charge in [-0.25, -0.2) is 4.90 Å². The monoisotopic (exact) mass is 573 g/mol. The van der Waals surface area contributed by atoms with Crippen LogP contribution in [0.4, 0.5) is 11.4 Å². The molecule has 8 nitrogen and oxygen atoms in total. The number of hydrogen-bond acceptors (Lipinski definition) is 6. The summed E-state index contributed by atoms with van der Waals surface area (Å²) in [4.78, 5) is 39.1. The molecule has 38 heavy (non-hydrogen) atoms. The molecule has 0 unspecified atom stereocenters. The quantitative estimate of drug-likeness (QED) is 0.331. The molecule has 2 N–H and O–H groups in total. The number of nitrogens with one attached hydrogen (secondary N) is 2. The van der Waals surface area contributed by atoms with Gasteiger partial charge in [-0.3, -0.25) is 14.4 Å². The second kappa shape index (κ2) is 11.8. The van der Waals surface area contributed by atoms with Crippen molar-refractivity contribution < 1.29 is 23.9 Å². The van der Waals surface area contributed by atoms with E-state index in [9.17, 15) is 14.4 Å². The zero-order valence-electron chi connectivity index (χ0n) is 20.3. The third kappa shape index (κ3) is 5.72. The van der Waals surface area contributed by atoms with E-state index in [-0.39, 0.29) is 32.4 Å². The molecule has 196 valence electrons. The number of imide groups is 1. The van der Waals surface area contributed by atoms with Crippen molar-refractivity contribution >= 4 is 63.9 Å². The first-order valence-electron chi connectivity index (χ1n) is 11.3. The van der Waals surface area contributed by atoms with Gasteiger partial charge in [0.05, 0.1) is 30.0 Å². The van der Waals surface area contributed by atoms with Crippen LogP contribution in [0.3, 0.4) is 0 Å². The molecule has 0 saturated heterocycles. The van der Waals surface area contributed by atoms with E-state index in [4.69, 9.17) is 44.3 Å². The summed E-state index contributed by atoms with van der Waals surface area (Å²) in [6.45, 7) is 0.415. The lowest BCUT2D eigenvalue weighted by molar-refractivity contribution is -0.120. The number of carbonyl (C=O) groups is 3. The molecule has 0 spiro atoms. The van der Waals surface area contributed by atoms with Crippen LogP contribution in [0.5, 0.6) is 11.5 Å². The Bertz CT molecular complexity index is 1440. The summed E-state index contributed by atoms with van der Waals surface area (Å²) in [6, 6.07) is 16.4. The number of carbonyl (C=O) groups excluding carboxylic acids is 3. The molecular weight excluding hydrogens is 553 g/mol. The SMILES string of the molecule is COc1ccc(CCNC(=O)c2ccc(NC3=C(Cl)C(=O)N(c4ccc(Cl)c(Cl)c4)C3=O)cc2)cc1OC. The van der Waals surface area contributed by atoms with E-state index in [1.54, 1.807) is 38.5 Å². The first-order chi connectivity index (χ1) is 18.2. The average Bonchev–Trinajstić information content (AvgIpc) is 3.13. The van der Waals surface area contributed by atoms with Crippen molar-refractivity contribution in [3.63, 3.8) is 0 Å². The van der Waals surface area contributed by atoms with Crippen LogP contribution in [0.2, 0.25) is 10.0 Å². The van der Waals surface area contributed by atoms with Crippen LogP contribution < -0.4 is 25.0 Å². The van der Waals surface area contributed by atoms with Gasteiger partial charge in [-0.2, -0.15) is 0 Å². The van der Waals surface area contributed by atoms with E-state index >= 15 is 0 Å². The van der Waals surface area contributed by atoms with Gasteiger partial charge in [0.2, 0.25) is 0 Å².